The van der Waals surface area contributed by atoms with Gasteiger partial charge in [0, 0.05) is 18.2 Å². The summed E-state index contributed by atoms with van der Waals surface area (Å²) in [6, 6.07) is 2.58. The van der Waals surface area contributed by atoms with E-state index in [-0.39, 0.29) is 12.2 Å². The van der Waals surface area contributed by atoms with E-state index in [1.165, 1.54) is 31.2 Å². The van der Waals surface area contributed by atoms with Crippen LogP contribution in [0.2, 0.25) is 0 Å². The molecule has 2 aliphatic rings. The molecule has 2 heterocycles. The molecule has 1 aliphatic carbocycles. The Morgan fingerprint density at radius 2 is 2.09 bits per heavy atom. The first kappa shape index (κ1) is 18.0. The van der Waals surface area contributed by atoms with Gasteiger partial charge >= 0.3 is 0 Å². The molecule has 0 amide bonds. The molecule has 0 spiro atoms. The van der Waals surface area contributed by atoms with Gasteiger partial charge in [-0.1, -0.05) is 26.0 Å². The van der Waals surface area contributed by atoms with E-state index in [4.69, 9.17) is 0 Å². The largest absolute Gasteiger partial charge is 0.256 e. The minimum Gasteiger partial charge on any atom is -0.256 e. The van der Waals surface area contributed by atoms with E-state index in [1.54, 1.807) is 0 Å². The quantitative estimate of drug-likeness (QED) is 0.460. The monoisotopic (exact) mass is 382 g/mol. The highest BCUT2D eigenvalue weighted by atomic mass is 79.9. The van der Waals surface area contributed by atoms with Gasteiger partial charge in [0.2, 0.25) is 0 Å². The number of allylic oxidation sites excluding steroid dienone is 3. The molecule has 5 heteroatoms. The number of aromatic nitrogens is 1. The van der Waals surface area contributed by atoms with Crippen LogP contribution in [-0.2, 0) is 0 Å². The first-order valence-corrected chi connectivity index (χ1v) is 8.70. The summed E-state index contributed by atoms with van der Waals surface area (Å²) in [7, 11) is 0. The van der Waals surface area contributed by atoms with Crippen molar-refractivity contribution in [1.82, 2.24) is 4.98 Å². The lowest BCUT2D eigenvalue weighted by Gasteiger charge is -2.11. The lowest BCUT2D eigenvalue weighted by molar-refractivity contribution is 0.624. The SMILES string of the molecule is CCC=CC1CC1C.FC1=NC(Br)=C(c2cc(F)ccn2)CC1. The van der Waals surface area contributed by atoms with Crippen molar-refractivity contribution in [2.75, 3.05) is 0 Å². The molecule has 2 unspecified atom stereocenters. The first-order valence-electron chi connectivity index (χ1n) is 7.91. The summed E-state index contributed by atoms with van der Waals surface area (Å²) in [5, 5.41) is 0. The summed E-state index contributed by atoms with van der Waals surface area (Å²) in [4.78, 5) is 7.67. The van der Waals surface area contributed by atoms with Crippen molar-refractivity contribution < 1.29 is 8.78 Å². The van der Waals surface area contributed by atoms with Gasteiger partial charge in [-0.3, -0.25) is 4.98 Å². The van der Waals surface area contributed by atoms with Crippen LogP contribution in [0.1, 0.15) is 45.2 Å². The number of hydrogen-bond donors (Lipinski definition) is 0. The van der Waals surface area contributed by atoms with Crippen molar-refractivity contribution in [2.24, 2.45) is 16.8 Å². The van der Waals surface area contributed by atoms with Gasteiger partial charge in [0.1, 0.15) is 10.4 Å². The zero-order valence-electron chi connectivity index (χ0n) is 13.4. The van der Waals surface area contributed by atoms with E-state index < -0.39 is 5.97 Å². The fourth-order valence-electron chi connectivity index (χ4n) is 2.29. The third-order valence-corrected chi connectivity index (χ3v) is 4.53. The molecule has 1 saturated carbocycles. The smallest absolute Gasteiger partial charge is 0.190 e. The Balaban J connectivity index is 0.000000203. The third kappa shape index (κ3) is 5.65. The van der Waals surface area contributed by atoms with Gasteiger partial charge < -0.3 is 0 Å². The van der Waals surface area contributed by atoms with E-state index in [2.05, 4.69) is 51.9 Å². The second-order valence-corrected chi connectivity index (χ2v) is 6.58. The van der Waals surface area contributed by atoms with Crippen LogP contribution >= 0.6 is 15.9 Å². The van der Waals surface area contributed by atoms with Crippen LogP contribution in [0, 0.1) is 17.7 Å². The van der Waals surface area contributed by atoms with Gasteiger partial charge in [-0.05, 0) is 59.2 Å². The Hall–Kier alpha value is -1.36. The molecular weight excluding hydrogens is 362 g/mol. The molecule has 2 atom stereocenters. The van der Waals surface area contributed by atoms with Gasteiger partial charge in [0.15, 0.2) is 5.97 Å². The summed E-state index contributed by atoms with van der Waals surface area (Å²) in [6.07, 6.45) is 9.35. The van der Waals surface area contributed by atoms with E-state index in [1.807, 2.05) is 0 Å². The average Bonchev–Trinajstić information content (AvgIpc) is 3.21. The number of nitrogens with zero attached hydrogens (tertiary/aromatic N) is 2. The van der Waals surface area contributed by atoms with Crippen LogP contribution in [0.15, 0.2) is 40.1 Å². The fourth-order valence-corrected chi connectivity index (χ4v) is 2.89. The summed E-state index contributed by atoms with van der Waals surface area (Å²) in [5.74, 6) is 1.15. The van der Waals surface area contributed by atoms with Crippen LogP contribution < -0.4 is 0 Å². The highest BCUT2D eigenvalue weighted by molar-refractivity contribution is 9.11. The van der Waals surface area contributed by atoms with Crippen LogP contribution in [0.5, 0.6) is 0 Å². The van der Waals surface area contributed by atoms with Gasteiger partial charge in [-0.15, -0.1) is 0 Å². The highest BCUT2D eigenvalue weighted by Gasteiger charge is 2.29. The van der Waals surface area contributed by atoms with Gasteiger partial charge in [0.25, 0.3) is 0 Å². The van der Waals surface area contributed by atoms with Crippen molar-refractivity contribution in [3.63, 3.8) is 0 Å². The van der Waals surface area contributed by atoms with Crippen LogP contribution in [0.3, 0.4) is 0 Å². The molecule has 0 N–H and O–H groups in total. The highest BCUT2D eigenvalue weighted by Crippen LogP contribution is 2.38. The minimum absolute atomic E-state index is 0.239. The Labute approximate surface area is 144 Å². The van der Waals surface area contributed by atoms with E-state index in [0.29, 0.717) is 16.7 Å². The zero-order chi connectivity index (χ0) is 16.8. The maximum absolute atomic E-state index is 12.9. The van der Waals surface area contributed by atoms with Gasteiger partial charge in [0.05, 0.1) is 5.69 Å². The Morgan fingerprint density at radius 3 is 2.65 bits per heavy atom. The summed E-state index contributed by atoms with van der Waals surface area (Å²) >= 11 is 3.15. The van der Waals surface area contributed by atoms with E-state index in [0.717, 1.165) is 17.4 Å². The molecule has 0 bridgehead atoms. The summed E-state index contributed by atoms with van der Waals surface area (Å²) in [5.41, 5.74) is 1.23. The molecule has 0 saturated heterocycles. The topological polar surface area (TPSA) is 25.2 Å². The average molecular weight is 383 g/mol. The van der Waals surface area contributed by atoms with Crippen molar-refractivity contribution in [2.45, 2.75) is 39.5 Å². The standard InChI is InChI=1S/C10H7BrF2N2.C8H14/c11-10-7(1-2-9(13)15-10)8-5-6(12)3-4-14-8;1-3-4-5-8-6-7(8)2/h3-5H,1-2H2;4-5,7-8H,3,6H2,1-2H3. The number of hydrogen-bond acceptors (Lipinski definition) is 2. The molecule has 1 aromatic rings. The van der Waals surface area contributed by atoms with Crippen molar-refractivity contribution >= 4 is 27.5 Å². The maximum atomic E-state index is 12.9. The molecular formula is C18H21BrF2N2. The first-order chi connectivity index (χ1) is 11.0. The molecule has 23 heavy (non-hydrogen) atoms. The molecule has 1 fully saturated rings. The lowest BCUT2D eigenvalue weighted by atomic mass is 10.1. The molecule has 0 radical (unpaired) electrons. The molecule has 1 aliphatic heterocycles. The zero-order valence-corrected chi connectivity index (χ0v) is 15.0. The summed E-state index contributed by atoms with van der Waals surface area (Å²) in [6.45, 7) is 4.49. The predicted octanol–water partition coefficient (Wildman–Crippen LogP) is 6.05. The number of pyridine rings is 1. The molecule has 1 aromatic heterocycles. The van der Waals surface area contributed by atoms with Crippen LogP contribution in [-0.4, -0.2) is 10.9 Å². The Bertz CT molecular complexity index is 638. The van der Waals surface area contributed by atoms with Gasteiger partial charge in [-0.2, -0.15) is 4.39 Å². The maximum Gasteiger partial charge on any atom is 0.190 e. The molecule has 124 valence electrons. The van der Waals surface area contributed by atoms with E-state index in [9.17, 15) is 8.78 Å². The second kappa shape index (κ2) is 8.48. The Kier molecular flexibility index (Phi) is 6.63. The molecule has 2 nitrogen and oxygen atoms in total. The van der Waals surface area contributed by atoms with Crippen molar-refractivity contribution in [3.05, 3.63) is 46.6 Å². The Morgan fingerprint density at radius 1 is 1.35 bits per heavy atom. The normalized spacial score (nSPS) is 23.4. The van der Waals surface area contributed by atoms with Crippen LogP contribution in [0.25, 0.3) is 5.57 Å². The summed E-state index contributed by atoms with van der Waals surface area (Å²) < 4.78 is 26.1. The lowest BCUT2D eigenvalue weighted by Crippen LogP contribution is -2.01. The van der Waals surface area contributed by atoms with Crippen LogP contribution in [0.4, 0.5) is 8.78 Å². The number of rotatable bonds is 3. The van der Waals surface area contributed by atoms with E-state index >= 15 is 0 Å². The van der Waals surface area contributed by atoms with Crippen molar-refractivity contribution in [1.29, 1.82) is 0 Å². The van der Waals surface area contributed by atoms with Crippen molar-refractivity contribution in [3.8, 4) is 0 Å². The number of aliphatic imine (C=N–C) groups is 1. The number of halogens is 3. The third-order valence-electron chi connectivity index (χ3n) is 3.87. The van der Waals surface area contributed by atoms with Gasteiger partial charge in [-0.25, -0.2) is 9.38 Å². The molecule has 0 aromatic carbocycles. The predicted molar refractivity (Wildman–Crippen MR) is 94.5 cm³/mol. The second-order valence-electron chi connectivity index (χ2n) is 5.83. The fraction of sp³-hybridized carbons (Fsp3) is 0.444. The minimum atomic E-state index is -0.415. The molecule has 3 rings (SSSR count).